The quantitative estimate of drug-likeness (QED) is 0.602. The molecule has 1 unspecified atom stereocenters. The van der Waals surface area contributed by atoms with E-state index in [9.17, 15) is 0 Å². The van der Waals surface area contributed by atoms with E-state index in [0.717, 1.165) is 6.42 Å². The van der Waals surface area contributed by atoms with Crippen LogP contribution < -0.4 is 0 Å². The zero-order valence-corrected chi connectivity index (χ0v) is 7.86. The minimum absolute atomic E-state index is 0.0105. The van der Waals surface area contributed by atoms with Crippen molar-refractivity contribution >= 4 is 0 Å². The molecule has 0 spiro atoms. The van der Waals surface area contributed by atoms with Gasteiger partial charge in [0, 0.05) is 0 Å². The van der Waals surface area contributed by atoms with Crippen LogP contribution in [0.5, 0.6) is 0 Å². The van der Waals surface area contributed by atoms with Crippen LogP contribution >= 0.6 is 0 Å². The van der Waals surface area contributed by atoms with E-state index in [2.05, 4.69) is 0 Å². The van der Waals surface area contributed by atoms with Gasteiger partial charge < -0.3 is 18.9 Å². The summed E-state index contributed by atoms with van der Waals surface area (Å²) >= 11 is 0. The van der Waals surface area contributed by atoms with Crippen molar-refractivity contribution in [1.29, 1.82) is 0 Å². The van der Waals surface area contributed by atoms with E-state index in [1.54, 1.807) is 0 Å². The third kappa shape index (κ3) is 1.00. The molecular weight excluding hydrogens is 172 g/mol. The van der Waals surface area contributed by atoms with Crippen LogP contribution in [0.2, 0.25) is 0 Å². The lowest BCUT2D eigenvalue weighted by Crippen LogP contribution is -2.48. The third-order valence-corrected chi connectivity index (χ3v) is 3.11. The van der Waals surface area contributed by atoms with Gasteiger partial charge in [-0.15, -0.1) is 0 Å². The Hall–Kier alpha value is -0.160. The lowest BCUT2D eigenvalue weighted by Gasteiger charge is -2.33. The Morgan fingerprint density at radius 3 is 2.77 bits per heavy atom. The van der Waals surface area contributed by atoms with Gasteiger partial charge in [-0.3, -0.25) is 0 Å². The second-order valence-electron chi connectivity index (χ2n) is 4.03. The van der Waals surface area contributed by atoms with Gasteiger partial charge in [-0.25, -0.2) is 0 Å². The predicted molar refractivity (Wildman–Crippen MR) is 43.1 cm³/mol. The summed E-state index contributed by atoms with van der Waals surface area (Å²) in [5.41, 5.74) is 0. The van der Waals surface area contributed by atoms with Crippen molar-refractivity contribution in [2.45, 2.75) is 50.7 Å². The zero-order chi connectivity index (χ0) is 9.05. The Kier molecular flexibility index (Phi) is 1.54. The fraction of sp³-hybridized carbons (Fsp3) is 1.00. The normalized spacial score (nSPS) is 58.6. The Morgan fingerprint density at radius 2 is 2.15 bits per heavy atom. The fourth-order valence-corrected chi connectivity index (χ4v) is 2.06. The number of fused-ring (bicyclic) bond motifs is 3. The second kappa shape index (κ2) is 2.45. The number of hydrogen-bond acceptors (Lipinski definition) is 4. The number of ether oxygens (including phenoxy) is 4. The molecule has 4 heteroatoms. The molecule has 0 amide bonds. The molecular formula is C9H14O4. The molecule has 3 rings (SSSR count). The third-order valence-electron chi connectivity index (χ3n) is 3.11. The van der Waals surface area contributed by atoms with Gasteiger partial charge in [-0.05, 0) is 13.3 Å². The van der Waals surface area contributed by atoms with Crippen LogP contribution in [-0.2, 0) is 18.9 Å². The summed E-state index contributed by atoms with van der Waals surface area (Å²) in [6, 6.07) is 0. The Labute approximate surface area is 77.1 Å². The van der Waals surface area contributed by atoms with Crippen molar-refractivity contribution in [2.75, 3.05) is 6.61 Å². The minimum Gasteiger partial charge on any atom is -0.370 e. The van der Waals surface area contributed by atoms with E-state index in [1.165, 1.54) is 0 Å². The lowest BCUT2D eigenvalue weighted by atomic mass is 10.1. The fourth-order valence-electron chi connectivity index (χ4n) is 2.06. The lowest BCUT2D eigenvalue weighted by molar-refractivity contribution is -0.260. The molecule has 0 aromatic heterocycles. The molecule has 5 atom stereocenters. The average Bonchev–Trinajstić information content (AvgIpc) is 2.47. The predicted octanol–water partition coefficient (Wildman–Crippen LogP) is 0.652. The summed E-state index contributed by atoms with van der Waals surface area (Å²) in [7, 11) is 0. The van der Waals surface area contributed by atoms with Crippen LogP contribution in [0, 0.1) is 0 Å². The van der Waals surface area contributed by atoms with Crippen LogP contribution in [0.1, 0.15) is 20.3 Å². The molecule has 3 aliphatic rings. The van der Waals surface area contributed by atoms with E-state index in [0.29, 0.717) is 6.61 Å². The molecule has 74 valence electrons. The molecule has 0 aromatic carbocycles. The molecule has 0 N–H and O–H groups in total. The van der Waals surface area contributed by atoms with Gasteiger partial charge in [0.2, 0.25) is 0 Å². The van der Waals surface area contributed by atoms with Gasteiger partial charge in [0.25, 0.3) is 0 Å². The number of rotatable bonds is 1. The summed E-state index contributed by atoms with van der Waals surface area (Å²) in [6.07, 6.45) is 0.932. The Balaban J connectivity index is 1.77. The first-order chi connectivity index (χ1) is 6.22. The van der Waals surface area contributed by atoms with Crippen molar-refractivity contribution in [3.8, 4) is 0 Å². The SMILES string of the molecule is CCC1(C)O[C@H]2O[C@@H]3CO[C@@H]3[C@H]2O1. The van der Waals surface area contributed by atoms with Gasteiger partial charge in [0.1, 0.15) is 18.3 Å². The minimum atomic E-state index is -0.473. The average molecular weight is 186 g/mol. The first-order valence-corrected chi connectivity index (χ1v) is 4.84. The molecule has 0 bridgehead atoms. The van der Waals surface area contributed by atoms with Gasteiger partial charge in [0.05, 0.1) is 6.61 Å². The van der Waals surface area contributed by atoms with Gasteiger partial charge in [-0.1, -0.05) is 6.92 Å². The highest BCUT2D eigenvalue weighted by Gasteiger charge is 2.59. The molecule has 3 aliphatic heterocycles. The highest BCUT2D eigenvalue weighted by atomic mass is 16.9. The molecule has 0 saturated carbocycles. The van der Waals surface area contributed by atoms with Crippen molar-refractivity contribution in [3.05, 3.63) is 0 Å². The molecule has 3 heterocycles. The van der Waals surface area contributed by atoms with Crippen molar-refractivity contribution < 1.29 is 18.9 Å². The topological polar surface area (TPSA) is 36.9 Å². The molecule has 3 fully saturated rings. The Morgan fingerprint density at radius 1 is 1.31 bits per heavy atom. The monoisotopic (exact) mass is 186 g/mol. The molecule has 0 aromatic rings. The second-order valence-corrected chi connectivity index (χ2v) is 4.03. The maximum Gasteiger partial charge on any atom is 0.190 e. The van der Waals surface area contributed by atoms with Crippen LogP contribution in [0.3, 0.4) is 0 Å². The summed E-state index contributed by atoms with van der Waals surface area (Å²) in [4.78, 5) is 0. The van der Waals surface area contributed by atoms with E-state index < -0.39 is 5.79 Å². The van der Waals surface area contributed by atoms with Crippen molar-refractivity contribution in [1.82, 2.24) is 0 Å². The Bertz CT molecular complexity index is 232. The summed E-state index contributed by atoms with van der Waals surface area (Å²) in [5, 5.41) is 0. The molecule has 0 radical (unpaired) electrons. The first-order valence-electron chi connectivity index (χ1n) is 4.84. The highest BCUT2D eigenvalue weighted by Crippen LogP contribution is 2.43. The van der Waals surface area contributed by atoms with Crippen LogP contribution in [0.25, 0.3) is 0 Å². The standard InChI is InChI=1S/C9H14O4/c1-3-9(2)12-7-6-5(4-10-6)11-8(7)13-9/h5-8H,3-4H2,1-2H3/t5-,6+,7-,8-,9?/m1/s1. The van der Waals surface area contributed by atoms with Gasteiger partial charge in [-0.2, -0.15) is 0 Å². The van der Waals surface area contributed by atoms with Crippen molar-refractivity contribution in [3.63, 3.8) is 0 Å². The van der Waals surface area contributed by atoms with Crippen LogP contribution in [-0.4, -0.2) is 37.0 Å². The maximum atomic E-state index is 5.78. The maximum absolute atomic E-state index is 5.78. The first kappa shape index (κ1) is 8.17. The number of hydrogen-bond donors (Lipinski definition) is 0. The molecule has 3 saturated heterocycles. The van der Waals surface area contributed by atoms with Crippen LogP contribution in [0.4, 0.5) is 0 Å². The summed E-state index contributed by atoms with van der Waals surface area (Å²) < 4.78 is 22.4. The summed E-state index contributed by atoms with van der Waals surface area (Å²) in [6.45, 7) is 4.68. The van der Waals surface area contributed by atoms with E-state index >= 15 is 0 Å². The van der Waals surface area contributed by atoms with E-state index in [-0.39, 0.29) is 24.6 Å². The molecule has 0 aliphatic carbocycles. The van der Waals surface area contributed by atoms with E-state index in [1.807, 2.05) is 13.8 Å². The highest BCUT2D eigenvalue weighted by molar-refractivity contribution is 4.99. The van der Waals surface area contributed by atoms with E-state index in [4.69, 9.17) is 18.9 Å². The van der Waals surface area contributed by atoms with Gasteiger partial charge >= 0.3 is 0 Å². The largest absolute Gasteiger partial charge is 0.370 e. The van der Waals surface area contributed by atoms with Crippen LogP contribution in [0.15, 0.2) is 0 Å². The smallest absolute Gasteiger partial charge is 0.190 e. The summed E-state index contributed by atoms with van der Waals surface area (Å²) in [5.74, 6) is -0.473. The molecule has 4 nitrogen and oxygen atoms in total. The van der Waals surface area contributed by atoms with Gasteiger partial charge in [0.15, 0.2) is 12.1 Å². The zero-order valence-electron chi connectivity index (χ0n) is 7.86. The molecule has 13 heavy (non-hydrogen) atoms. The van der Waals surface area contributed by atoms with Crippen molar-refractivity contribution in [2.24, 2.45) is 0 Å².